The van der Waals surface area contributed by atoms with Crippen LogP contribution in [0.2, 0.25) is 0 Å². The van der Waals surface area contributed by atoms with Crippen molar-refractivity contribution < 1.29 is 9.90 Å². The fourth-order valence-corrected chi connectivity index (χ4v) is 1.27. The molecule has 0 aromatic rings. The highest BCUT2D eigenvalue weighted by molar-refractivity contribution is 6.21. The molecule has 5 heteroatoms. The number of aliphatic hydroxyl groups excluding tert-OH is 1. The van der Waals surface area contributed by atoms with Crippen LogP contribution in [0.25, 0.3) is 0 Å². The predicted molar refractivity (Wildman–Crippen MR) is 49.1 cm³/mol. The fourth-order valence-electron chi connectivity index (χ4n) is 1.27. The van der Waals surface area contributed by atoms with Gasteiger partial charge in [0, 0.05) is 0 Å². The van der Waals surface area contributed by atoms with Crippen LogP contribution >= 0.6 is 0 Å². The molecule has 1 unspecified atom stereocenters. The van der Waals surface area contributed by atoms with Crippen molar-refractivity contribution in [1.29, 1.82) is 0 Å². The Morgan fingerprint density at radius 2 is 2.15 bits per heavy atom. The normalized spacial score (nSPS) is 22.4. The van der Waals surface area contributed by atoms with Gasteiger partial charge in [0.2, 0.25) is 0 Å². The molecule has 0 fully saturated rings. The summed E-state index contributed by atoms with van der Waals surface area (Å²) in [5.74, 6) is -0.721. The van der Waals surface area contributed by atoms with E-state index in [0.717, 1.165) is 0 Å². The molecule has 0 saturated heterocycles. The van der Waals surface area contributed by atoms with E-state index in [1.807, 2.05) is 13.8 Å². The number of primary amides is 1. The zero-order valence-corrected chi connectivity index (χ0v) is 7.61. The lowest BCUT2D eigenvalue weighted by Crippen LogP contribution is -2.25. The van der Waals surface area contributed by atoms with Gasteiger partial charge in [-0.25, -0.2) is 0 Å². The van der Waals surface area contributed by atoms with Gasteiger partial charge in [0.05, 0.1) is 0 Å². The van der Waals surface area contributed by atoms with Gasteiger partial charge in [-0.2, -0.15) is 0 Å². The van der Waals surface area contributed by atoms with Crippen LogP contribution in [-0.4, -0.2) is 22.9 Å². The number of aliphatic imine (C=N–C) groups is 1. The van der Waals surface area contributed by atoms with Gasteiger partial charge in [0.25, 0.3) is 5.91 Å². The minimum atomic E-state index is -0.734. The van der Waals surface area contributed by atoms with Crippen molar-refractivity contribution in [3.63, 3.8) is 0 Å². The van der Waals surface area contributed by atoms with Crippen molar-refractivity contribution in [3.8, 4) is 0 Å². The standard InChI is InChI=1S/C8H13N3O2/c1-3(2)5-6(12)4(8(10)13)7(9)11-5/h3,5,12H,1-2H3,(H2,9,11)(H2,10,13). The largest absolute Gasteiger partial charge is 0.509 e. The Morgan fingerprint density at radius 1 is 1.62 bits per heavy atom. The number of amidine groups is 1. The van der Waals surface area contributed by atoms with Crippen LogP contribution in [0.1, 0.15) is 13.8 Å². The third-order valence-corrected chi connectivity index (χ3v) is 1.95. The number of rotatable bonds is 2. The van der Waals surface area contributed by atoms with Gasteiger partial charge in [-0.3, -0.25) is 9.79 Å². The number of amides is 1. The quantitative estimate of drug-likeness (QED) is 0.546. The number of nitrogens with zero attached hydrogens (tertiary/aromatic N) is 1. The van der Waals surface area contributed by atoms with Crippen molar-refractivity contribution in [2.75, 3.05) is 0 Å². The zero-order chi connectivity index (χ0) is 10.2. The summed E-state index contributed by atoms with van der Waals surface area (Å²) in [6.45, 7) is 3.75. The van der Waals surface area contributed by atoms with Gasteiger partial charge in [-0.15, -0.1) is 0 Å². The third-order valence-electron chi connectivity index (χ3n) is 1.95. The van der Waals surface area contributed by atoms with Gasteiger partial charge < -0.3 is 16.6 Å². The van der Waals surface area contributed by atoms with Gasteiger partial charge >= 0.3 is 0 Å². The maximum Gasteiger partial charge on any atom is 0.255 e. The summed E-state index contributed by atoms with van der Waals surface area (Å²) >= 11 is 0. The van der Waals surface area contributed by atoms with Crippen LogP contribution in [0.5, 0.6) is 0 Å². The smallest absolute Gasteiger partial charge is 0.255 e. The molecule has 0 saturated carbocycles. The SMILES string of the molecule is CC(C)C1N=C(N)C(C(N)=O)=C1O. The van der Waals surface area contributed by atoms with E-state index in [2.05, 4.69) is 4.99 Å². The van der Waals surface area contributed by atoms with Gasteiger partial charge in [-0.05, 0) is 5.92 Å². The van der Waals surface area contributed by atoms with Crippen LogP contribution in [0, 0.1) is 5.92 Å². The molecule has 1 aliphatic heterocycles. The molecule has 0 radical (unpaired) electrons. The highest BCUT2D eigenvalue weighted by Crippen LogP contribution is 2.23. The van der Waals surface area contributed by atoms with Crippen molar-refractivity contribution >= 4 is 11.7 Å². The average Bonchev–Trinajstić information content (AvgIpc) is 2.26. The second kappa shape index (κ2) is 3.08. The third kappa shape index (κ3) is 1.49. The minimum Gasteiger partial charge on any atom is -0.509 e. The molecule has 13 heavy (non-hydrogen) atoms. The summed E-state index contributed by atoms with van der Waals surface area (Å²) in [7, 11) is 0. The molecule has 0 spiro atoms. The Kier molecular flexibility index (Phi) is 2.27. The molecule has 1 amide bonds. The van der Waals surface area contributed by atoms with E-state index in [4.69, 9.17) is 11.5 Å². The first-order valence-electron chi connectivity index (χ1n) is 4.01. The molecule has 1 aliphatic rings. The molecular weight excluding hydrogens is 170 g/mol. The Balaban J connectivity index is 3.08. The molecule has 5 N–H and O–H groups in total. The number of nitrogens with two attached hydrogens (primary N) is 2. The zero-order valence-electron chi connectivity index (χ0n) is 7.61. The summed E-state index contributed by atoms with van der Waals surface area (Å²) in [5.41, 5.74) is 10.4. The molecule has 5 nitrogen and oxygen atoms in total. The number of aliphatic hydroxyl groups is 1. The number of carbonyl (C=O) groups is 1. The lowest BCUT2D eigenvalue weighted by atomic mass is 10.0. The maximum atomic E-state index is 10.8. The second-order valence-corrected chi connectivity index (χ2v) is 3.33. The molecular formula is C8H13N3O2. The Bertz CT molecular complexity index is 305. The van der Waals surface area contributed by atoms with Crippen molar-refractivity contribution in [2.24, 2.45) is 22.4 Å². The summed E-state index contributed by atoms with van der Waals surface area (Å²) in [6, 6.07) is -0.428. The summed E-state index contributed by atoms with van der Waals surface area (Å²) in [4.78, 5) is 14.8. The first kappa shape index (κ1) is 9.57. The summed E-state index contributed by atoms with van der Waals surface area (Å²) < 4.78 is 0. The Morgan fingerprint density at radius 3 is 2.38 bits per heavy atom. The van der Waals surface area contributed by atoms with Gasteiger partial charge in [0.1, 0.15) is 23.2 Å². The molecule has 0 bridgehead atoms. The molecule has 1 rings (SSSR count). The molecule has 0 aromatic heterocycles. The van der Waals surface area contributed by atoms with E-state index < -0.39 is 11.9 Å². The van der Waals surface area contributed by atoms with Crippen molar-refractivity contribution in [3.05, 3.63) is 11.3 Å². The minimum absolute atomic E-state index is 0.0312. The Labute approximate surface area is 76.1 Å². The van der Waals surface area contributed by atoms with Crippen LogP contribution in [0.3, 0.4) is 0 Å². The number of carbonyl (C=O) groups excluding carboxylic acids is 1. The van der Waals surface area contributed by atoms with E-state index in [1.54, 1.807) is 0 Å². The fraction of sp³-hybridized carbons (Fsp3) is 0.500. The van der Waals surface area contributed by atoms with E-state index in [0.29, 0.717) is 0 Å². The van der Waals surface area contributed by atoms with Crippen LogP contribution in [0.4, 0.5) is 0 Å². The van der Waals surface area contributed by atoms with E-state index >= 15 is 0 Å². The number of hydrogen-bond acceptors (Lipinski definition) is 4. The maximum absolute atomic E-state index is 10.8. The molecule has 0 aromatic carbocycles. The monoisotopic (exact) mass is 183 g/mol. The number of hydrogen-bond donors (Lipinski definition) is 3. The summed E-state index contributed by atoms with van der Waals surface area (Å²) in [5, 5.41) is 9.54. The first-order valence-corrected chi connectivity index (χ1v) is 4.01. The molecule has 1 atom stereocenters. The lowest BCUT2D eigenvalue weighted by Gasteiger charge is -2.10. The molecule has 72 valence electrons. The summed E-state index contributed by atoms with van der Waals surface area (Å²) in [6.07, 6.45) is 0. The van der Waals surface area contributed by atoms with E-state index in [1.165, 1.54) is 0 Å². The van der Waals surface area contributed by atoms with Gasteiger partial charge in [-0.1, -0.05) is 13.8 Å². The topological polar surface area (TPSA) is 102 Å². The molecule has 1 heterocycles. The average molecular weight is 183 g/mol. The van der Waals surface area contributed by atoms with Crippen LogP contribution < -0.4 is 11.5 Å². The first-order chi connectivity index (χ1) is 5.95. The van der Waals surface area contributed by atoms with E-state index in [9.17, 15) is 9.90 Å². The highest BCUT2D eigenvalue weighted by Gasteiger charge is 2.31. The van der Waals surface area contributed by atoms with Crippen molar-refractivity contribution in [1.82, 2.24) is 0 Å². The Hall–Kier alpha value is -1.52. The molecule has 0 aliphatic carbocycles. The lowest BCUT2D eigenvalue weighted by molar-refractivity contribution is -0.114. The van der Waals surface area contributed by atoms with Crippen LogP contribution in [-0.2, 0) is 4.79 Å². The predicted octanol–water partition coefficient (Wildman–Crippen LogP) is -0.321. The second-order valence-electron chi connectivity index (χ2n) is 3.33. The van der Waals surface area contributed by atoms with Crippen LogP contribution in [0.15, 0.2) is 16.3 Å². The van der Waals surface area contributed by atoms with Crippen molar-refractivity contribution in [2.45, 2.75) is 19.9 Å². The highest BCUT2D eigenvalue weighted by atomic mass is 16.3. The van der Waals surface area contributed by atoms with Gasteiger partial charge in [0.15, 0.2) is 0 Å². The van der Waals surface area contributed by atoms with E-state index in [-0.39, 0.29) is 23.1 Å².